The minimum absolute atomic E-state index is 0.0646. The van der Waals surface area contributed by atoms with Crippen LogP contribution in [0.4, 0.5) is 0 Å². The number of fused-ring (bicyclic) bond motifs is 1. The summed E-state index contributed by atoms with van der Waals surface area (Å²) >= 11 is 0. The SMILES string of the molecule is O=C(c1ccc2c(c1)CCC2)N1CCN(C(=O)c2ccco2)CC1. The number of hydrogen-bond donors (Lipinski definition) is 0. The molecule has 24 heavy (non-hydrogen) atoms. The Morgan fingerprint density at radius 3 is 2.29 bits per heavy atom. The number of amides is 2. The van der Waals surface area contributed by atoms with Crippen LogP contribution >= 0.6 is 0 Å². The van der Waals surface area contributed by atoms with Crippen LogP contribution in [0.15, 0.2) is 41.0 Å². The summed E-state index contributed by atoms with van der Waals surface area (Å²) in [5, 5.41) is 0. The second-order valence-electron chi connectivity index (χ2n) is 6.40. The molecule has 0 bridgehead atoms. The van der Waals surface area contributed by atoms with E-state index in [0.29, 0.717) is 31.9 Å². The van der Waals surface area contributed by atoms with E-state index in [2.05, 4.69) is 6.07 Å². The van der Waals surface area contributed by atoms with Gasteiger partial charge in [0.05, 0.1) is 6.26 Å². The lowest BCUT2D eigenvalue weighted by molar-refractivity contribution is 0.0518. The van der Waals surface area contributed by atoms with E-state index in [0.717, 1.165) is 18.4 Å². The number of hydrogen-bond acceptors (Lipinski definition) is 3. The van der Waals surface area contributed by atoms with Gasteiger partial charge in [0, 0.05) is 31.7 Å². The van der Waals surface area contributed by atoms with Crippen molar-refractivity contribution in [3.05, 3.63) is 59.0 Å². The second-order valence-corrected chi connectivity index (χ2v) is 6.40. The third kappa shape index (κ3) is 2.70. The third-order valence-electron chi connectivity index (χ3n) is 4.93. The Bertz CT molecular complexity index is 759. The first-order valence-corrected chi connectivity index (χ1v) is 8.46. The highest BCUT2D eigenvalue weighted by Crippen LogP contribution is 2.23. The normalized spacial score (nSPS) is 17.0. The zero-order chi connectivity index (χ0) is 16.5. The molecule has 0 saturated carbocycles. The predicted octanol–water partition coefficient (Wildman–Crippen LogP) is 2.37. The summed E-state index contributed by atoms with van der Waals surface area (Å²) in [5.74, 6) is 0.313. The largest absolute Gasteiger partial charge is 0.459 e. The lowest BCUT2D eigenvalue weighted by Crippen LogP contribution is -2.50. The summed E-state index contributed by atoms with van der Waals surface area (Å²) in [6.45, 7) is 2.19. The van der Waals surface area contributed by atoms with Gasteiger partial charge < -0.3 is 14.2 Å². The van der Waals surface area contributed by atoms with Crippen LogP contribution in [0.25, 0.3) is 0 Å². The van der Waals surface area contributed by atoms with Crippen molar-refractivity contribution in [2.75, 3.05) is 26.2 Å². The molecule has 2 heterocycles. The van der Waals surface area contributed by atoms with Crippen molar-refractivity contribution in [2.45, 2.75) is 19.3 Å². The van der Waals surface area contributed by atoms with E-state index in [4.69, 9.17) is 4.42 Å². The van der Waals surface area contributed by atoms with Crippen LogP contribution < -0.4 is 0 Å². The molecule has 0 atom stereocenters. The zero-order valence-corrected chi connectivity index (χ0v) is 13.5. The summed E-state index contributed by atoms with van der Waals surface area (Å²) in [6, 6.07) is 9.45. The molecule has 2 amide bonds. The molecule has 1 aliphatic heterocycles. The monoisotopic (exact) mass is 324 g/mol. The topological polar surface area (TPSA) is 53.8 Å². The van der Waals surface area contributed by atoms with E-state index in [-0.39, 0.29) is 11.8 Å². The molecule has 1 aromatic carbocycles. The lowest BCUT2D eigenvalue weighted by atomic mass is 10.1. The van der Waals surface area contributed by atoms with E-state index < -0.39 is 0 Å². The molecule has 5 nitrogen and oxygen atoms in total. The lowest BCUT2D eigenvalue weighted by Gasteiger charge is -2.34. The number of rotatable bonds is 2. The fraction of sp³-hybridized carbons (Fsp3) is 0.368. The molecule has 1 fully saturated rings. The Morgan fingerprint density at radius 1 is 0.875 bits per heavy atom. The summed E-state index contributed by atoms with van der Waals surface area (Å²) in [4.78, 5) is 28.6. The zero-order valence-electron chi connectivity index (χ0n) is 13.5. The smallest absolute Gasteiger partial charge is 0.289 e. The first-order valence-electron chi connectivity index (χ1n) is 8.46. The average molecular weight is 324 g/mol. The molecule has 0 unspecified atom stereocenters. The number of carbonyl (C=O) groups is 2. The second kappa shape index (κ2) is 6.15. The molecule has 4 rings (SSSR count). The molecule has 1 saturated heterocycles. The van der Waals surface area contributed by atoms with Gasteiger partial charge >= 0.3 is 0 Å². The molecule has 0 radical (unpaired) electrons. The van der Waals surface area contributed by atoms with E-state index in [9.17, 15) is 9.59 Å². The van der Waals surface area contributed by atoms with Crippen molar-refractivity contribution in [3.63, 3.8) is 0 Å². The van der Waals surface area contributed by atoms with E-state index in [1.807, 2.05) is 17.0 Å². The fourth-order valence-electron chi connectivity index (χ4n) is 3.56. The molecule has 0 N–H and O–H groups in total. The first-order chi connectivity index (χ1) is 11.7. The maximum absolute atomic E-state index is 12.7. The molecular weight excluding hydrogens is 304 g/mol. The van der Waals surface area contributed by atoms with Crippen molar-refractivity contribution in [3.8, 4) is 0 Å². The van der Waals surface area contributed by atoms with Gasteiger partial charge in [0.25, 0.3) is 11.8 Å². The maximum Gasteiger partial charge on any atom is 0.289 e. The van der Waals surface area contributed by atoms with Crippen molar-refractivity contribution >= 4 is 11.8 Å². The number of furan rings is 1. The third-order valence-corrected chi connectivity index (χ3v) is 4.93. The van der Waals surface area contributed by atoms with Gasteiger partial charge in [-0.05, 0) is 54.7 Å². The van der Waals surface area contributed by atoms with Crippen LogP contribution in [0, 0.1) is 0 Å². The highest BCUT2D eigenvalue weighted by Gasteiger charge is 2.27. The average Bonchev–Trinajstić information content (AvgIpc) is 3.31. The Morgan fingerprint density at radius 2 is 1.58 bits per heavy atom. The molecule has 5 heteroatoms. The van der Waals surface area contributed by atoms with Crippen molar-refractivity contribution in [1.82, 2.24) is 9.80 Å². The van der Waals surface area contributed by atoms with Gasteiger partial charge in [-0.2, -0.15) is 0 Å². The molecule has 1 aromatic heterocycles. The van der Waals surface area contributed by atoms with Crippen LogP contribution in [-0.2, 0) is 12.8 Å². The Balaban J connectivity index is 1.40. The van der Waals surface area contributed by atoms with Gasteiger partial charge in [0.15, 0.2) is 5.76 Å². The van der Waals surface area contributed by atoms with Crippen LogP contribution in [-0.4, -0.2) is 47.8 Å². The number of nitrogens with zero attached hydrogens (tertiary/aromatic N) is 2. The summed E-state index contributed by atoms with van der Waals surface area (Å²) in [5.41, 5.74) is 3.45. The number of aryl methyl sites for hydroxylation is 2. The van der Waals surface area contributed by atoms with Gasteiger partial charge in [-0.3, -0.25) is 9.59 Å². The predicted molar refractivity (Wildman–Crippen MR) is 89.0 cm³/mol. The molecule has 0 spiro atoms. The summed E-state index contributed by atoms with van der Waals surface area (Å²) in [7, 11) is 0. The molecule has 124 valence electrons. The van der Waals surface area contributed by atoms with Crippen LogP contribution in [0.3, 0.4) is 0 Å². The Labute approximate surface area is 140 Å². The van der Waals surface area contributed by atoms with Crippen LogP contribution in [0.5, 0.6) is 0 Å². The first kappa shape index (κ1) is 15.0. The fourth-order valence-corrected chi connectivity index (χ4v) is 3.56. The van der Waals surface area contributed by atoms with E-state index in [1.54, 1.807) is 17.0 Å². The van der Waals surface area contributed by atoms with Crippen LogP contribution in [0.2, 0.25) is 0 Å². The van der Waals surface area contributed by atoms with Crippen molar-refractivity contribution in [2.24, 2.45) is 0 Å². The molecule has 2 aromatic rings. The van der Waals surface area contributed by atoms with Crippen LogP contribution in [0.1, 0.15) is 38.5 Å². The molecule has 1 aliphatic carbocycles. The standard InChI is InChI=1S/C19H20N2O3/c22-18(16-7-6-14-3-1-4-15(14)13-16)20-8-10-21(11-9-20)19(23)17-5-2-12-24-17/h2,5-7,12-13H,1,3-4,8-11H2. The minimum atomic E-state index is -0.107. The number of piperazine rings is 1. The minimum Gasteiger partial charge on any atom is -0.459 e. The highest BCUT2D eigenvalue weighted by atomic mass is 16.3. The van der Waals surface area contributed by atoms with E-state index >= 15 is 0 Å². The van der Waals surface area contributed by atoms with Crippen molar-refractivity contribution in [1.29, 1.82) is 0 Å². The summed E-state index contributed by atoms with van der Waals surface area (Å²) < 4.78 is 5.16. The molecular formula is C19H20N2O3. The quantitative estimate of drug-likeness (QED) is 0.852. The summed E-state index contributed by atoms with van der Waals surface area (Å²) in [6.07, 6.45) is 4.88. The van der Waals surface area contributed by atoms with E-state index in [1.165, 1.54) is 23.8 Å². The van der Waals surface area contributed by atoms with Gasteiger partial charge in [0.1, 0.15) is 0 Å². The number of benzene rings is 1. The Hall–Kier alpha value is -2.56. The van der Waals surface area contributed by atoms with Gasteiger partial charge in [-0.25, -0.2) is 0 Å². The van der Waals surface area contributed by atoms with Gasteiger partial charge in [-0.1, -0.05) is 6.07 Å². The highest BCUT2D eigenvalue weighted by molar-refractivity contribution is 5.95. The van der Waals surface area contributed by atoms with Gasteiger partial charge in [-0.15, -0.1) is 0 Å². The molecule has 2 aliphatic rings. The number of carbonyl (C=O) groups excluding carboxylic acids is 2. The maximum atomic E-state index is 12.7. The van der Waals surface area contributed by atoms with Crippen molar-refractivity contribution < 1.29 is 14.0 Å². The van der Waals surface area contributed by atoms with Gasteiger partial charge in [0.2, 0.25) is 0 Å². The Kier molecular flexibility index (Phi) is 3.84.